The van der Waals surface area contributed by atoms with Crippen LogP contribution in [0, 0.1) is 0 Å². The molecule has 3 heteroatoms. The maximum absolute atomic E-state index is 3.65. The van der Waals surface area contributed by atoms with Crippen LogP contribution in [-0.2, 0) is 13.0 Å². The summed E-state index contributed by atoms with van der Waals surface area (Å²) in [6, 6.07) is 11.5. The fourth-order valence-corrected chi connectivity index (χ4v) is 3.49. The van der Waals surface area contributed by atoms with E-state index in [4.69, 9.17) is 0 Å². The van der Waals surface area contributed by atoms with E-state index in [2.05, 4.69) is 58.4 Å². The van der Waals surface area contributed by atoms with Gasteiger partial charge in [0.1, 0.15) is 0 Å². The van der Waals surface area contributed by atoms with Gasteiger partial charge in [-0.05, 0) is 53.5 Å². The van der Waals surface area contributed by atoms with E-state index in [0.717, 1.165) is 26.1 Å². The Morgan fingerprint density at radius 3 is 3.05 bits per heavy atom. The quantitative estimate of drug-likeness (QED) is 0.920. The lowest BCUT2D eigenvalue weighted by Gasteiger charge is -2.30. The number of likely N-dealkylation sites (N-methyl/N-ethyl adjacent to an activating group) is 1. The Morgan fingerprint density at radius 1 is 1.32 bits per heavy atom. The van der Waals surface area contributed by atoms with Crippen molar-refractivity contribution >= 4 is 11.3 Å². The summed E-state index contributed by atoms with van der Waals surface area (Å²) in [5, 5.41) is 8.03. The molecule has 1 aromatic carbocycles. The third-order valence-corrected chi connectivity index (χ3v) is 4.47. The molecule has 2 heterocycles. The van der Waals surface area contributed by atoms with Crippen LogP contribution in [0.5, 0.6) is 0 Å². The van der Waals surface area contributed by atoms with Gasteiger partial charge in [-0.3, -0.25) is 0 Å². The van der Waals surface area contributed by atoms with Crippen LogP contribution in [0.4, 0.5) is 0 Å². The highest BCUT2D eigenvalue weighted by molar-refractivity contribution is 7.07. The van der Waals surface area contributed by atoms with Gasteiger partial charge in [-0.15, -0.1) is 0 Å². The maximum Gasteiger partial charge on any atom is 0.0452 e. The molecule has 0 saturated heterocycles. The van der Waals surface area contributed by atoms with Crippen LogP contribution in [0.3, 0.4) is 0 Å². The molecular weight excluding hydrogens is 252 g/mol. The third-order valence-electron chi connectivity index (χ3n) is 3.74. The number of fused-ring (bicyclic) bond motifs is 1. The summed E-state index contributed by atoms with van der Waals surface area (Å²) in [6.07, 6.45) is 1.15. The Hall–Kier alpha value is -1.16. The highest BCUT2D eigenvalue weighted by Gasteiger charge is 2.20. The Bertz CT molecular complexity index is 521. The van der Waals surface area contributed by atoms with Crippen LogP contribution in [0.2, 0.25) is 0 Å². The highest BCUT2D eigenvalue weighted by Crippen LogP contribution is 2.23. The summed E-state index contributed by atoms with van der Waals surface area (Å²) in [6.45, 7) is 3.19. The van der Waals surface area contributed by atoms with E-state index in [1.54, 1.807) is 11.3 Å². The summed E-state index contributed by atoms with van der Waals surface area (Å²) in [4.78, 5) is 2.40. The normalized spacial score (nSPS) is 18.5. The molecule has 0 amide bonds. The molecule has 0 spiro atoms. The van der Waals surface area contributed by atoms with Crippen LogP contribution in [0.25, 0.3) is 0 Å². The number of nitrogens with one attached hydrogen (secondary N) is 1. The molecule has 2 nitrogen and oxygen atoms in total. The smallest absolute Gasteiger partial charge is 0.0452 e. The van der Waals surface area contributed by atoms with Gasteiger partial charge in [0.15, 0.2) is 0 Å². The number of thiophene rings is 1. The topological polar surface area (TPSA) is 15.3 Å². The summed E-state index contributed by atoms with van der Waals surface area (Å²) in [5.74, 6) is 0. The van der Waals surface area contributed by atoms with Gasteiger partial charge in [-0.2, -0.15) is 11.3 Å². The van der Waals surface area contributed by atoms with Crippen molar-refractivity contribution < 1.29 is 0 Å². The van der Waals surface area contributed by atoms with Gasteiger partial charge >= 0.3 is 0 Å². The van der Waals surface area contributed by atoms with Crippen LogP contribution in [-0.4, -0.2) is 25.0 Å². The second-order valence-corrected chi connectivity index (χ2v) is 6.06. The maximum atomic E-state index is 3.65. The SMILES string of the molecule is CN(Cc1ccsc1)CC1NCCc2ccccc21. The van der Waals surface area contributed by atoms with Gasteiger partial charge in [0, 0.05) is 19.1 Å². The highest BCUT2D eigenvalue weighted by atomic mass is 32.1. The first-order valence-corrected chi connectivity index (χ1v) is 7.78. The van der Waals surface area contributed by atoms with Crippen LogP contribution in [0.1, 0.15) is 22.7 Å². The van der Waals surface area contributed by atoms with E-state index in [-0.39, 0.29) is 0 Å². The van der Waals surface area contributed by atoms with Crippen molar-refractivity contribution in [2.24, 2.45) is 0 Å². The largest absolute Gasteiger partial charge is 0.309 e. The first-order valence-electron chi connectivity index (χ1n) is 6.84. The summed E-state index contributed by atoms with van der Waals surface area (Å²) in [7, 11) is 2.20. The van der Waals surface area contributed by atoms with Crippen LogP contribution in [0.15, 0.2) is 41.1 Å². The predicted octanol–water partition coefficient (Wildman–Crippen LogP) is 3.07. The molecule has 1 N–H and O–H groups in total. The third kappa shape index (κ3) is 3.06. The lowest BCUT2D eigenvalue weighted by molar-refractivity contribution is 0.279. The van der Waals surface area contributed by atoms with Gasteiger partial charge in [-0.25, -0.2) is 0 Å². The number of hydrogen-bond donors (Lipinski definition) is 1. The zero-order valence-electron chi connectivity index (χ0n) is 11.3. The molecule has 1 aliphatic rings. The second kappa shape index (κ2) is 5.87. The van der Waals surface area contributed by atoms with Crippen molar-refractivity contribution in [2.45, 2.75) is 19.0 Å². The summed E-state index contributed by atoms with van der Waals surface area (Å²) < 4.78 is 0. The number of benzene rings is 1. The molecule has 0 fully saturated rings. The van der Waals surface area contributed by atoms with Crippen LogP contribution < -0.4 is 5.32 Å². The molecular formula is C16H20N2S. The molecule has 0 bridgehead atoms. The molecule has 0 saturated carbocycles. The minimum atomic E-state index is 0.466. The van der Waals surface area contributed by atoms with Gasteiger partial charge in [0.25, 0.3) is 0 Å². The zero-order valence-corrected chi connectivity index (χ0v) is 12.1. The number of hydrogen-bond acceptors (Lipinski definition) is 3. The second-order valence-electron chi connectivity index (χ2n) is 5.28. The van der Waals surface area contributed by atoms with E-state index in [1.807, 2.05) is 0 Å². The fraction of sp³-hybridized carbons (Fsp3) is 0.375. The molecule has 0 radical (unpaired) electrons. The van der Waals surface area contributed by atoms with Crippen molar-refractivity contribution in [1.29, 1.82) is 0 Å². The minimum Gasteiger partial charge on any atom is -0.309 e. The first-order chi connectivity index (χ1) is 9.33. The monoisotopic (exact) mass is 272 g/mol. The van der Waals surface area contributed by atoms with Crippen molar-refractivity contribution in [3.63, 3.8) is 0 Å². The molecule has 19 heavy (non-hydrogen) atoms. The van der Waals surface area contributed by atoms with E-state index >= 15 is 0 Å². The van der Waals surface area contributed by atoms with E-state index in [0.29, 0.717) is 6.04 Å². The van der Waals surface area contributed by atoms with Crippen molar-refractivity contribution in [2.75, 3.05) is 20.1 Å². The summed E-state index contributed by atoms with van der Waals surface area (Å²) in [5.41, 5.74) is 4.40. The molecule has 1 aliphatic heterocycles. The molecule has 1 aromatic heterocycles. The summed E-state index contributed by atoms with van der Waals surface area (Å²) >= 11 is 1.77. The number of nitrogens with zero attached hydrogens (tertiary/aromatic N) is 1. The molecule has 0 aliphatic carbocycles. The predicted molar refractivity (Wildman–Crippen MR) is 81.5 cm³/mol. The van der Waals surface area contributed by atoms with Crippen molar-refractivity contribution in [1.82, 2.24) is 10.2 Å². The molecule has 1 atom stereocenters. The average molecular weight is 272 g/mol. The van der Waals surface area contributed by atoms with Crippen LogP contribution >= 0.6 is 11.3 Å². The van der Waals surface area contributed by atoms with E-state index in [1.165, 1.54) is 16.7 Å². The number of rotatable bonds is 4. The average Bonchev–Trinajstić information content (AvgIpc) is 2.92. The molecule has 1 unspecified atom stereocenters. The van der Waals surface area contributed by atoms with Crippen molar-refractivity contribution in [3.05, 3.63) is 57.8 Å². The minimum absolute atomic E-state index is 0.466. The van der Waals surface area contributed by atoms with Crippen molar-refractivity contribution in [3.8, 4) is 0 Å². The fourth-order valence-electron chi connectivity index (χ4n) is 2.83. The Balaban J connectivity index is 1.67. The molecule has 100 valence electrons. The van der Waals surface area contributed by atoms with E-state index < -0.39 is 0 Å². The lowest BCUT2D eigenvalue weighted by atomic mass is 9.94. The van der Waals surface area contributed by atoms with Gasteiger partial charge in [0.05, 0.1) is 0 Å². The van der Waals surface area contributed by atoms with Gasteiger partial charge in [-0.1, -0.05) is 24.3 Å². The Morgan fingerprint density at radius 2 is 2.21 bits per heavy atom. The molecule has 3 rings (SSSR count). The van der Waals surface area contributed by atoms with Gasteiger partial charge in [0.2, 0.25) is 0 Å². The lowest BCUT2D eigenvalue weighted by Crippen LogP contribution is -2.37. The Labute approximate surface area is 119 Å². The Kier molecular flexibility index (Phi) is 3.97. The zero-order chi connectivity index (χ0) is 13.1. The van der Waals surface area contributed by atoms with Gasteiger partial charge < -0.3 is 10.2 Å². The van der Waals surface area contributed by atoms with E-state index in [9.17, 15) is 0 Å². The standard InChI is InChI=1S/C16H20N2S/c1-18(10-13-7-9-19-12-13)11-16-15-5-3-2-4-14(15)6-8-17-16/h2-5,7,9,12,16-17H,6,8,10-11H2,1H3. The first kappa shape index (κ1) is 12.9. The molecule has 2 aromatic rings.